The molecule has 0 saturated carbocycles. The first kappa shape index (κ1) is 14.0. The van der Waals surface area contributed by atoms with E-state index in [-0.39, 0.29) is 12.4 Å². The molecule has 21 heavy (non-hydrogen) atoms. The second-order valence-corrected chi connectivity index (χ2v) is 6.06. The first-order valence-corrected chi connectivity index (χ1v) is 7.30. The van der Waals surface area contributed by atoms with E-state index < -0.39 is 0 Å². The van der Waals surface area contributed by atoms with E-state index in [1.807, 2.05) is 18.2 Å². The van der Waals surface area contributed by atoms with E-state index >= 15 is 0 Å². The first-order chi connectivity index (χ1) is 9.72. The number of aromatic nitrogens is 1. The lowest BCUT2D eigenvalue weighted by Gasteiger charge is -2.21. The van der Waals surface area contributed by atoms with E-state index in [1.54, 1.807) is 11.8 Å². The Morgan fingerprint density at radius 1 is 1.10 bits per heavy atom. The van der Waals surface area contributed by atoms with Gasteiger partial charge in [0, 0.05) is 16.6 Å². The predicted molar refractivity (Wildman–Crippen MR) is 83.4 cm³/mol. The molecular weight excluding hydrogens is 302 g/mol. The summed E-state index contributed by atoms with van der Waals surface area (Å²) in [6, 6.07) is 14.4. The number of para-hydroxylation sites is 1. The van der Waals surface area contributed by atoms with Crippen molar-refractivity contribution in [2.45, 2.75) is 9.79 Å². The molecule has 2 heterocycles. The van der Waals surface area contributed by atoms with Gasteiger partial charge in [0.1, 0.15) is 11.9 Å². The minimum atomic E-state index is 0. The highest BCUT2D eigenvalue weighted by molar-refractivity contribution is 7.99. The molecule has 0 amide bonds. The first-order valence-electron chi connectivity index (χ1n) is 6.48. The molecule has 106 valence electrons. The van der Waals surface area contributed by atoms with Gasteiger partial charge in [-0.05, 0) is 24.3 Å². The lowest BCUT2D eigenvalue weighted by Crippen LogP contribution is -3.00. The Balaban J connectivity index is 0.00000132. The molecule has 1 aromatic heterocycles. The smallest absolute Gasteiger partial charge is 0.214 e. The molecule has 1 aliphatic heterocycles. The Labute approximate surface area is 133 Å². The van der Waals surface area contributed by atoms with Gasteiger partial charge in [-0.15, -0.1) is 0 Å². The number of pyridine rings is 1. The minimum absolute atomic E-state index is 0. The van der Waals surface area contributed by atoms with Crippen LogP contribution in [0.5, 0.6) is 0 Å². The SMILES string of the molecule is C[n+]1cc2c(c3ccccc31)Nc1ccc(N)cc1S2.[Cl-]. The third-order valence-corrected chi connectivity index (χ3v) is 4.68. The number of aryl methyl sites for hydroxylation is 1. The summed E-state index contributed by atoms with van der Waals surface area (Å²) in [6.45, 7) is 0. The molecule has 0 unspecified atom stereocenters. The molecule has 0 bridgehead atoms. The highest BCUT2D eigenvalue weighted by Gasteiger charge is 2.22. The lowest BCUT2D eigenvalue weighted by atomic mass is 10.1. The van der Waals surface area contributed by atoms with Crippen LogP contribution >= 0.6 is 11.8 Å². The lowest BCUT2D eigenvalue weighted by molar-refractivity contribution is -0.646. The molecule has 4 rings (SSSR count). The van der Waals surface area contributed by atoms with Gasteiger partial charge in [0.05, 0.1) is 16.8 Å². The van der Waals surface area contributed by atoms with Gasteiger partial charge < -0.3 is 23.5 Å². The predicted octanol–water partition coefficient (Wildman–Crippen LogP) is 0.459. The van der Waals surface area contributed by atoms with Crippen LogP contribution in [0.15, 0.2) is 58.5 Å². The van der Waals surface area contributed by atoms with Gasteiger partial charge >= 0.3 is 0 Å². The zero-order valence-corrected chi connectivity index (χ0v) is 13.0. The Kier molecular flexibility index (Phi) is 3.43. The quantitative estimate of drug-likeness (QED) is 0.366. The number of nitrogens with zero attached hydrogens (tertiary/aromatic N) is 1. The zero-order chi connectivity index (χ0) is 13.7. The van der Waals surface area contributed by atoms with Crippen molar-refractivity contribution in [1.29, 1.82) is 0 Å². The van der Waals surface area contributed by atoms with Crippen molar-refractivity contribution in [3.8, 4) is 0 Å². The molecule has 0 radical (unpaired) electrons. The second kappa shape index (κ2) is 5.13. The van der Waals surface area contributed by atoms with Crippen LogP contribution in [-0.4, -0.2) is 0 Å². The maximum absolute atomic E-state index is 5.88. The standard InChI is InChI=1S/C16H13N3S.ClH/c1-19-9-15-16(11-4-2-3-5-13(11)19)18-12-7-6-10(17)8-14(12)20-15;/h2-9H,17H2,1H3;1H. The van der Waals surface area contributed by atoms with Gasteiger partial charge in [0.2, 0.25) is 5.52 Å². The maximum Gasteiger partial charge on any atom is 0.214 e. The van der Waals surface area contributed by atoms with Crippen LogP contribution in [0.25, 0.3) is 10.9 Å². The van der Waals surface area contributed by atoms with Gasteiger partial charge in [-0.2, -0.15) is 4.57 Å². The third kappa shape index (κ3) is 2.20. The molecular formula is C16H14ClN3S. The Morgan fingerprint density at radius 3 is 2.76 bits per heavy atom. The highest BCUT2D eigenvalue weighted by Crippen LogP contribution is 2.46. The van der Waals surface area contributed by atoms with E-state index in [4.69, 9.17) is 5.73 Å². The largest absolute Gasteiger partial charge is 1.00 e. The van der Waals surface area contributed by atoms with Gasteiger partial charge in [-0.25, -0.2) is 0 Å². The number of rotatable bonds is 0. The number of nitrogens with one attached hydrogen (secondary N) is 1. The number of halogens is 1. The fraction of sp³-hybridized carbons (Fsp3) is 0.0625. The van der Waals surface area contributed by atoms with Gasteiger partial charge in [0.15, 0.2) is 6.20 Å². The molecule has 1 aliphatic rings. The zero-order valence-electron chi connectivity index (χ0n) is 11.4. The van der Waals surface area contributed by atoms with Crippen molar-refractivity contribution in [3.05, 3.63) is 48.7 Å². The monoisotopic (exact) mass is 315 g/mol. The fourth-order valence-electron chi connectivity index (χ4n) is 2.62. The summed E-state index contributed by atoms with van der Waals surface area (Å²) in [7, 11) is 2.08. The van der Waals surface area contributed by atoms with Crippen LogP contribution in [0, 0.1) is 0 Å². The summed E-state index contributed by atoms with van der Waals surface area (Å²) >= 11 is 1.76. The number of nitrogen functional groups attached to an aromatic ring is 1. The number of nitrogens with two attached hydrogens (primary N) is 1. The van der Waals surface area contributed by atoms with Crippen LogP contribution in [0.3, 0.4) is 0 Å². The topological polar surface area (TPSA) is 41.9 Å². The normalized spacial score (nSPS) is 12.0. The number of benzene rings is 2. The van der Waals surface area contributed by atoms with Crippen molar-refractivity contribution in [2.24, 2.45) is 7.05 Å². The van der Waals surface area contributed by atoms with Crippen LogP contribution in [-0.2, 0) is 7.05 Å². The number of fused-ring (bicyclic) bond motifs is 4. The summed E-state index contributed by atoms with van der Waals surface area (Å²) in [5.41, 5.74) is 10.2. The van der Waals surface area contributed by atoms with E-state index in [9.17, 15) is 0 Å². The van der Waals surface area contributed by atoms with Crippen molar-refractivity contribution in [2.75, 3.05) is 11.1 Å². The van der Waals surface area contributed by atoms with E-state index in [0.29, 0.717) is 0 Å². The highest BCUT2D eigenvalue weighted by atomic mass is 35.5. The van der Waals surface area contributed by atoms with Crippen molar-refractivity contribution < 1.29 is 17.0 Å². The van der Waals surface area contributed by atoms with Crippen LogP contribution in [0.4, 0.5) is 17.1 Å². The summed E-state index contributed by atoms with van der Waals surface area (Å²) in [4.78, 5) is 2.40. The Hall–Kier alpha value is -1.91. The molecule has 3 aromatic rings. The van der Waals surface area contributed by atoms with Crippen molar-refractivity contribution in [1.82, 2.24) is 0 Å². The Bertz CT molecular complexity index is 848. The van der Waals surface area contributed by atoms with E-state index in [0.717, 1.165) is 11.4 Å². The molecule has 0 saturated heterocycles. The van der Waals surface area contributed by atoms with Gasteiger partial charge in [-0.3, -0.25) is 0 Å². The molecule has 0 spiro atoms. The molecule has 0 atom stereocenters. The van der Waals surface area contributed by atoms with E-state index in [2.05, 4.69) is 47.4 Å². The average Bonchev–Trinajstić information content (AvgIpc) is 2.46. The van der Waals surface area contributed by atoms with Crippen LogP contribution in [0.2, 0.25) is 0 Å². The second-order valence-electron chi connectivity index (χ2n) is 4.98. The minimum Gasteiger partial charge on any atom is -1.00 e. The Morgan fingerprint density at radius 2 is 1.90 bits per heavy atom. The van der Waals surface area contributed by atoms with Crippen molar-refractivity contribution >= 4 is 39.7 Å². The average molecular weight is 316 g/mol. The molecule has 0 fully saturated rings. The number of hydrogen-bond acceptors (Lipinski definition) is 3. The molecule has 3 nitrogen and oxygen atoms in total. The van der Waals surface area contributed by atoms with E-state index in [1.165, 1.54) is 26.4 Å². The summed E-state index contributed by atoms with van der Waals surface area (Å²) in [5, 5.41) is 4.79. The molecule has 3 N–H and O–H groups in total. The molecule has 0 aliphatic carbocycles. The fourth-order valence-corrected chi connectivity index (χ4v) is 3.76. The maximum atomic E-state index is 5.88. The number of anilines is 3. The molecule has 5 heteroatoms. The number of hydrogen-bond donors (Lipinski definition) is 2. The van der Waals surface area contributed by atoms with Crippen molar-refractivity contribution in [3.63, 3.8) is 0 Å². The molecule has 2 aromatic carbocycles. The van der Waals surface area contributed by atoms with Gasteiger partial charge in [0.25, 0.3) is 0 Å². The summed E-state index contributed by atoms with van der Waals surface area (Å²) in [6.07, 6.45) is 2.17. The van der Waals surface area contributed by atoms with Crippen LogP contribution < -0.4 is 28.0 Å². The third-order valence-electron chi connectivity index (χ3n) is 3.60. The van der Waals surface area contributed by atoms with Gasteiger partial charge in [-0.1, -0.05) is 23.9 Å². The van der Waals surface area contributed by atoms with Crippen LogP contribution in [0.1, 0.15) is 0 Å². The summed E-state index contributed by atoms with van der Waals surface area (Å²) in [5.74, 6) is 0. The summed E-state index contributed by atoms with van der Waals surface area (Å²) < 4.78 is 2.17.